The second-order valence-electron chi connectivity index (χ2n) is 5.79. The Balaban J connectivity index is 2.05. The lowest BCUT2D eigenvalue weighted by molar-refractivity contribution is 0.646. The highest BCUT2D eigenvalue weighted by Crippen LogP contribution is 2.38. The summed E-state index contributed by atoms with van der Waals surface area (Å²) >= 11 is 16.5. The molecule has 0 spiro atoms. The Morgan fingerprint density at radius 2 is 2.12 bits per heavy atom. The summed E-state index contributed by atoms with van der Waals surface area (Å²) in [6, 6.07) is 3.74. The fourth-order valence-electron chi connectivity index (χ4n) is 3.13. The van der Waals surface area contributed by atoms with Crippen LogP contribution in [-0.4, -0.2) is 25.9 Å². The molecular weight excluding hydrogens is 430 g/mol. The van der Waals surface area contributed by atoms with E-state index in [1.165, 1.54) is 6.08 Å². The Kier molecular flexibility index (Phi) is 4.30. The Bertz CT molecular complexity index is 977. The monoisotopic (exact) mass is 440 g/mol. The molecule has 0 fully saturated rings. The number of aromatic nitrogens is 3. The summed E-state index contributed by atoms with van der Waals surface area (Å²) in [7, 11) is 0. The van der Waals surface area contributed by atoms with Crippen molar-refractivity contribution in [1.29, 1.82) is 0 Å². The summed E-state index contributed by atoms with van der Waals surface area (Å²) in [5.74, 6) is 0.999. The first kappa shape index (κ1) is 16.9. The third-order valence-corrected chi connectivity index (χ3v) is 5.93. The van der Waals surface area contributed by atoms with Crippen molar-refractivity contribution in [3.63, 3.8) is 0 Å². The molecule has 0 amide bonds. The van der Waals surface area contributed by atoms with E-state index >= 15 is 0 Å². The molecule has 128 valence electrons. The number of aryl methyl sites for hydroxylation is 1. The first-order valence-electron chi connectivity index (χ1n) is 7.63. The number of hydrogen-bond acceptors (Lipinski definition) is 3. The molecule has 2 aliphatic rings. The molecule has 2 aromatic rings. The molecule has 0 saturated heterocycles. The van der Waals surface area contributed by atoms with Crippen LogP contribution in [0.25, 0.3) is 5.69 Å². The maximum absolute atomic E-state index is 14.6. The fraction of sp³-hybridized carbons (Fsp3) is 0.235. The molecule has 8 heteroatoms. The van der Waals surface area contributed by atoms with E-state index in [-0.39, 0.29) is 12.4 Å². The number of fused-ring (bicyclic) bond motifs is 3. The lowest BCUT2D eigenvalue weighted by atomic mass is 9.93. The highest BCUT2D eigenvalue weighted by atomic mass is 79.9. The van der Waals surface area contributed by atoms with Gasteiger partial charge in [0, 0.05) is 15.6 Å². The van der Waals surface area contributed by atoms with Crippen LogP contribution in [0, 0.1) is 6.92 Å². The van der Waals surface area contributed by atoms with Crippen molar-refractivity contribution >= 4 is 44.8 Å². The maximum atomic E-state index is 14.6. The van der Waals surface area contributed by atoms with Crippen molar-refractivity contribution < 1.29 is 4.39 Å². The van der Waals surface area contributed by atoms with E-state index in [9.17, 15) is 4.39 Å². The third-order valence-electron chi connectivity index (χ3n) is 4.25. The zero-order valence-electron chi connectivity index (χ0n) is 13.1. The molecule has 1 atom stereocenters. The quantitative estimate of drug-likeness (QED) is 0.578. The standard InChI is InChI=1S/C17H12BrCl2FN4/c1-8-23-24-13-7-22-17(14-10(19)3-2-4-11(14)21)15-12(25(8)13)6-5-9(18)16(15)20/h2,4-6,10H,3,7H2,1H3. The average Bonchev–Trinajstić information content (AvgIpc) is 2.85. The molecule has 2 heterocycles. The number of aliphatic imine (C=N–C) groups is 1. The number of benzene rings is 1. The predicted molar refractivity (Wildman–Crippen MR) is 101 cm³/mol. The van der Waals surface area contributed by atoms with Crippen LogP contribution in [0.1, 0.15) is 23.6 Å². The summed E-state index contributed by atoms with van der Waals surface area (Å²) in [6.07, 6.45) is 3.68. The molecule has 25 heavy (non-hydrogen) atoms. The molecule has 1 aliphatic carbocycles. The van der Waals surface area contributed by atoms with E-state index in [0.29, 0.717) is 44.4 Å². The Labute approximate surface area is 162 Å². The molecule has 0 bridgehead atoms. The van der Waals surface area contributed by atoms with Crippen molar-refractivity contribution in [2.75, 3.05) is 0 Å². The fourth-order valence-corrected chi connectivity index (χ4v) is 4.02. The zero-order valence-corrected chi connectivity index (χ0v) is 16.2. The molecule has 1 aliphatic heterocycles. The van der Waals surface area contributed by atoms with Crippen LogP contribution in [0.15, 0.2) is 45.1 Å². The van der Waals surface area contributed by atoms with Gasteiger partial charge in [0.15, 0.2) is 5.82 Å². The average molecular weight is 442 g/mol. The first-order valence-corrected chi connectivity index (χ1v) is 9.24. The van der Waals surface area contributed by atoms with Crippen molar-refractivity contribution in [3.8, 4) is 5.69 Å². The summed E-state index contributed by atoms with van der Waals surface area (Å²) in [4.78, 5) is 4.62. The van der Waals surface area contributed by atoms with E-state index in [1.54, 1.807) is 6.08 Å². The second-order valence-corrected chi connectivity index (χ2v) is 7.55. The first-order chi connectivity index (χ1) is 12.0. The summed E-state index contributed by atoms with van der Waals surface area (Å²) in [6.45, 7) is 2.12. The van der Waals surface area contributed by atoms with E-state index in [2.05, 4.69) is 31.1 Å². The van der Waals surface area contributed by atoms with E-state index < -0.39 is 5.38 Å². The van der Waals surface area contributed by atoms with Crippen LogP contribution in [0.3, 0.4) is 0 Å². The molecule has 0 radical (unpaired) electrons. The SMILES string of the molecule is Cc1nnc2n1-c1ccc(Br)c(Cl)c1C(C1=C(F)C=CCC1Cl)=NC2. The van der Waals surface area contributed by atoms with E-state index in [4.69, 9.17) is 23.2 Å². The van der Waals surface area contributed by atoms with Crippen molar-refractivity contribution in [2.45, 2.75) is 25.3 Å². The Morgan fingerprint density at radius 1 is 1.32 bits per heavy atom. The minimum absolute atomic E-state index is 0.267. The zero-order chi connectivity index (χ0) is 17.7. The predicted octanol–water partition coefficient (Wildman–Crippen LogP) is 5.09. The van der Waals surface area contributed by atoms with Crippen LogP contribution >= 0.6 is 39.1 Å². The van der Waals surface area contributed by atoms with Gasteiger partial charge in [0.25, 0.3) is 0 Å². The van der Waals surface area contributed by atoms with Gasteiger partial charge in [0.1, 0.15) is 18.2 Å². The largest absolute Gasteiger partial charge is 0.281 e. The van der Waals surface area contributed by atoms with Gasteiger partial charge < -0.3 is 0 Å². The van der Waals surface area contributed by atoms with Crippen LogP contribution in [0.4, 0.5) is 4.39 Å². The van der Waals surface area contributed by atoms with Gasteiger partial charge in [-0.25, -0.2) is 4.39 Å². The highest BCUT2D eigenvalue weighted by Gasteiger charge is 2.31. The highest BCUT2D eigenvalue weighted by molar-refractivity contribution is 9.10. The van der Waals surface area contributed by atoms with Crippen LogP contribution < -0.4 is 0 Å². The number of nitrogens with zero attached hydrogens (tertiary/aromatic N) is 4. The summed E-state index contributed by atoms with van der Waals surface area (Å²) in [5, 5.41) is 8.25. The van der Waals surface area contributed by atoms with Gasteiger partial charge in [-0.1, -0.05) is 17.7 Å². The smallest absolute Gasteiger partial charge is 0.159 e. The minimum atomic E-state index is -0.503. The van der Waals surface area contributed by atoms with Gasteiger partial charge >= 0.3 is 0 Å². The topological polar surface area (TPSA) is 43.1 Å². The molecule has 0 saturated carbocycles. The second kappa shape index (κ2) is 6.34. The van der Waals surface area contributed by atoms with Crippen molar-refractivity contribution in [3.05, 3.63) is 62.4 Å². The number of hydrogen-bond donors (Lipinski definition) is 0. The molecule has 1 aromatic carbocycles. The molecule has 0 N–H and O–H groups in total. The number of allylic oxidation sites excluding steroid dienone is 4. The van der Waals surface area contributed by atoms with Gasteiger partial charge in [0.2, 0.25) is 0 Å². The van der Waals surface area contributed by atoms with Crippen LogP contribution in [0.5, 0.6) is 0 Å². The van der Waals surface area contributed by atoms with Crippen molar-refractivity contribution in [1.82, 2.24) is 14.8 Å². The molecule has 1 aromatic heterocycles. The van der Waals surface area contributed by atoms with Gasteiger partial charge in [0.05, 0.1) is 21.8 Å². The number of halogens is 4. The van der Waals surface area contributed by atoms with E-state index in [0.717, 1.165) is 5.69 Å². The minimum Gasteiger partial charge on any atom is -0.281 e. The van der Waals surface area contributed by atoms with Crippen LogP contribution in [0.2, 0.25) is 5.02 Å². The van der Waals surface area contributed by atoms with Crippen molar-refractivity contribution in [2.24, 2.45) is 4.99 Å². The Morgan fingerprint density at radius 3 is 2.88 bits per heavy atom. The third kappa shape index (κ3) is 2.67. The number of rotatable bonds is 1. The number of alkyl halides is 1. The lowest BCUT2D eigenvalue weighted by Gasteiger charge is -2.21. The lowest BCUT2D eigenvalue weighted by Crippen LogP contribution is -2.19. The van der Waals surface area contributed by atoms with Gasteiger partial charge in [-0.3, -0.25) is 9.56 Å². The van der Waals surface area contributed by atoms with Gasteiger partial charge in [-0.2, -0.15) is 0 Å². The molecule has 4 nitrogen and oxygen atoms in total. The normalized spacial score (nSPS) is 19.4. The Hall–Kier alpha value is -1.50. The maximum Gasteiger partial charge on any atom is 0.159 e. The van der Waals surface area contributed by atoms with Crippen LogP contribution in [-0.2, 0) is 6.54 Å². The molecular formula is C17H12BrCl2FN4. The van der Waals surface area contributed by atoms with Gasteiger partial charge in [-0.15, -0.1) is 21.8 Å². The van der Waals surface area contributed by atoms with Gasteiger partial charge in [-0.05, 0) is 47.5 Å². The summed E-state index contributed by atoms with van der Waals surface area (Å²) < 4.78 is 17.2. The summed E-state index contributed by atoms with van der Waals surface area (Å²) in [5.41, 5.74) is 2.22. The van der Waals surface area contributed by atoms with E-state index in [1.807, 2.05) is 23.6 Å². The molecule has 1 unspecified atom stereocenters. The molecule has 4 rings (SSSR count).